The van der Waals surface area contributed by atoms with Crippen LogP contribution in [0.2, 0.25) is 0 Å². The molecule has 0 atom stereocenters. The van der Waals surface area contributed by atoms with Crippen molar-refractivity contribution in [1.82, 2.24) is 20.3 Å². The molecule has 2 heterocycles. The van der Waals surface area contributed by atoms with Crippen molar-refractivity contribution in [3.63, 3.8) is 0 Å². The van der Waals surface area contributed by atoms with Crippen molar-refractivity contribution < 1.29 is 17.9 Å². The van der Waals surface area contributed by atoms with Crippen molar-refractivity contribution in [3.05, 3.63) is 77.2 Å². The molecule has 2 aromatic heterocycles. The topological polar surface area (TPSA) is 86.6 Å². The van der Waals surface area contributed by atoms with E-state index in [1.807, 2.05) is 24.3 Å². The van der Waals surface area contributed by atoms with Crippen molar-refractivity contribution >= 4 is 11.0 Å². The minimum Gasteiger partial charge on any atom is -0.493 e. The molecule has 6 nitrogen and oxygen atoms in total. The molecule has 35 heavy (non-hydrogen) atoms. The summed E-state index contributed by atoms with van der Waals surface area (Å²) in [6.45, 7) is 2.98. The summed E-state index contributed by atoms with van der Waals surface area (Å²) in [5.41, 5.74) is 1.84. The van der Waals surface area contributed by atoms with Crippen molar-refractivity contribution in [3.8, 4) is 23.1 Å². The Morgan fingerprint density at radius 2 is 1.89 bits per heavy atom. The third-order valence-corrected chi connectivity index (χ3v) is 5.46. The lowest BCUT2D eigenvalue weighted by Crippen LogP contribution is -2.16. The highest BCUT2D eigenvalue weighted by molar-refractivity contribution is 5.84. The van der Waals surface area contributed by atoms with Crippen molar-refractivity contribution in [2.45, 2.75) is 32.5 Å². The first-order chi connectivity index (χ1) is 16.9. The smallest absolute Gasteiger partial charge is 0.419 e. The predicted molar refractivity (Wildman–Crippen MR) is 127 cm³/mol. The second-order valence-electron chi connectivity index (χ2n) is 7.96. The van der Waals surface area contributed by atoms with Gasteiger partial charge in [-0.2, -0.15) is 18.4 Å². The normalized spacial score (nSPS) is 11.5. The molecular weight excluding hydrogens is 455 g/mol. The van der Waals surface area contributed by atoms with E-state index >= 15 is 0 Å². The summed E-state index contributed by atoms with van der Waals surface area (Å²) in [4.78, 5) is 11.9. The number of aromatic amines is 1. The van der Waals surface area contributed by atoms with Crippen LogP contribution >= 0.6 is 0 Å². The van der Waals surface area contributed by atoms with Crippen LogP contribution in [0.3, 0.4) is 0 Å². The van der Waals surface area contributed by atoms with Gasteiger partial charge in [-0.05, 0) is 56.1 Å². The molecule has 0 saturated carbocycles. The number of nitrogens with zero attached hydrogens (tertiary/aromatic N) is 3. The average Bonchev–Trinajstić information content (AvgIpc) is 3.26. The Morgan fingerprint density at radius 1 is 1.09 bits per heavy atom. The second kappa shape index (κ2) is 10.6. The van der Waals surface area contributed by atoms with Crippen LogP contribution in [-0.2, 0) is 19.1 Å². The van der Waals surface area contributed by atoms with Crippen LogP contribution in [0.25, 0.3) is 22.3 Å². The standard InChI is InChI=1S/C26H24F3N5O/c1-2-35-23-11-10-18(13-19(23)26(27,28)29)20-14-21-25(22(15-30)32-20)34-24(33-21)16-31-12-6-9-17-7-4-3-5-8-17/h3-5,7-8,10-11,13-14,31H,2,6,9,12,16H2,1H3,(H,33,34). The van der Waals surface area contributed by atoms with Gasteiger partial charge in [0, 0.05) is 5.56 Å². The molecule has 9 heteroatoms. The van der Waals surface area contributed by atoms with Gasteiger partial charge < -0.3 is 15.0 Å². The van der Waals surface area contributed by atoms with E-state index in [4.69, 9.17) is 4.74 Å². The minimum absolute atomic E-state index is 0.0477. The second-order valence-corrected chi connectivity index (χ2v) is 7.96. The van der Waals surface area contributed by atoms with Crippen molar-refractivity contribution in [2.75, 3.05) is 13.2 Å². The largest absolute Gasteiger partial charge is 0.493 e. The number of nitriles is 1. The van der Waals surface area contributed by atoms with Crippen LogP contribution in [0.1, 0.15) is 36.0 Å². The Kier molecular flexibility index (Phi) is 7.32. The fraction of sp³-hybridized carbons (Fsp3) is 0.269. The molecular formula is C26H24F3N5O. The number of ether oxygens (including phenoxy) is 1. The predicted octanol–water partition coefficient (Wildman–Crippen LogP) is 5.64. The quantitative estimate of drug-likeness (QED) is 0.304. The van der Waals surface area contributed by atoms with Gasteiger partial charge in [0.1, 0.15) is 23.2 Å². The SMILES string of the molecule is CCOc1ccc(-c2cc3[nH]c(CNCCCc4ccccc4)nc3c(C#N)n2)cc1C(F)(F)F. The zero-order chi connectivity index (χ0) is 24.8. The number of alkyl halides is 3. The first kappa shape index (κ1) is 24.2. The maximum Gasteiger partial charge on any atom is 0.419 e. The highest BCUT2D eigenvalue weighted by atomic mass is 19.4. The fourth-order valence-corrected chi connectivity index (χ4v) is 3.84. The van der Waals surface area contributed by atoms with Gasteiger partial charge in [0.15, 0.2) is 5.69 Å². The maximum absolute atomic E-state index is 13.6. The van der Waals surface area contributed by atoms with Crippen LogP contribution in [0.4, 0.5) is 13.2 Å². The van der Waals surface area contributed by atoms with E-state index in [1.54, 1.807) is 13.0 Å². The van der Waals surface area contributed by atoms with Crippen molar-refractivity contribution in [2.24, 2.45) is 0 Å². The van der Waals surface area contributed by atoms with Crippen LogP contribution in [-0.4, -0.2) is 28.1 Å². The number of fused-ring (bicyclic) bond motifs is 1. The minimum atomic E-state index is -4.59. The Morgan fingerprint density at radius 3 is 2.60 bits per heavy atom. The Labute approximate surface area is 200 Å². The monoisotopic (exact) mass is 479 g/mol. The van der Waals surface area contributed by atoms with Crippen LogP contribution in [0, 0.1) is 11.3 Å². The van der Waals surface area contributed by atoms with Crippen LogP contribution in [0.5, 0.6) is 5.75 Å². The molecule has 0 amide bonds. The van der Waals surface area contributed by atoms with E-state index < -0.39 is 11.7 Å². The van der Waals surface area contributed by atoms with E-state index in [-0.39, 0.29) is 29.3 Å². The lowest BCUT2D eigenvalue weighted by Gasteiger charge is -2.14. The lowest BCUT2D eigenvalue weighted by atomic mass is 10.1. The first-order valence-electron chi connectivity index (χ1n) is 11.3. The summed E-state index contributed by atoms with van der Waals surface area (Å²) in [6.07, 6.45) is -2.67. The molecule has 180 valence electrons. The molecule has 0 aliphatic carbocycles. The molecule has 0 bridgehead atoms. The molecule has 4 aromatic rings. The number of aryl methyl sites for hydroxylation is 1. The highest BCUT2D eigenvalue weighted by Gasteiger charge is 2.35. The molecule has 2 aromatic carbocycles. The summed E-state index contributed by atoms with van der Waals surface area (Å²) in [5.74, 6) is 0.380. The summed E-state index contributed by atoms with van der Waals surface area (Å²) in [5, 5.41) is 12.9. The molecule has 0 fully saturated rings. The van der Waals surface area contributed by atoms with Crippen LogP contribution in [0.15, 0.2) is 54.6 Å². The number of imidazole rings is 1. The van der Waals surface area contributed by atoms with E-state index in [9.17, 15) is 18.4 Å². The number of benzene rings is 2. The van der Waals surface area contributed by atoms with Gasteiger partial charge in [0.05, 0.1) is 29.9 Å². The molecule has 0 saturated heterocycles. The van der Waals surface area contributed by atoms with E-state index in [1.165, 1.54) is 17.7 Å². The number of H-pyrrole nitrogens is 1. The van der Waals surface area contributed by atoms with Gasteiger partial charge in [-0.3, -0.25) is 0 Å². The van der Waals surface area contributed by atoms with Gasteiger partial charge in [-0.1, -0.05) is 30.3 Å². The molecule has 0 aliphatic rings. The number of nitrogens with one attached hydrogen (secondary N) is 2. The Bertz CT molecular complexity index is 1340. The number of halogens is 3. The van der Waals surface area contributed by atoms with Gasteiger partial charge >= 0.3 is 6.18 Å². The summed E-state index contributed by atoms with van der Waals surface area (Å²) in [6, 6.07) is 17.6. The highest BCUT2D eigenvalue weighted by Crippen LogP contribution is 2.39. The summed E-state index contributed by atoms with van der Waals surface area (Å²) in [7, 11) is 0. The number of hydrogen-bond acceptors (Lipinski definition) is 5. The van der Waals surface area contributed by atoms with Gasteiger partial charge in [0.2, 0.25) is 0 Å². The Balaban J connectivity index is 1.52. The van der Waals surface area contributed by atoms with E-state index in [2.05, 4.69) is 32.4 Å². The molecule has 0 spiro atoms. The van der Waals surface area contributed by atoms with E-state index in [0.717, 1.165) is 25.5 Å². The molecule has 0 unspecified atom stereocenters. The number of aromatic nitrogens is 3. The number of hydrogen-bond donors (Lipinski definition) is 2. The average molecular weight is 480 g/mol. The van der Waals surface area contributed by atoms with Gasteiger partial charge in [-0.25, -0.2) is 9.97 Å². The number of rotatable bonds is 9. The lowest BCUT2D eigenvalue weighted by molar-refractivity contribution is -0.138. The molecule has 4 rings (SSSR count). The van der Waals surface area contributed by atoms with Gasteiger partial charge in [-0.15, -0.1) is 0 Å². The van der Waals surface area contributed by atoms with Crippen molar-refractivity contribution in [1.29, 1.82) is 5.26 Å². The zero-order valence-corrected chi connectivity index (χ0v) is 19.1. The summed E-state index contributed by atoms with van der Waals surface area (Å²) < 4.78 is 45.8. The zero-order valence-electron chi connectivity index (χ0n) is 19.1. The fourth-order valence-electron chi connectivity index (χ4n) is 3.84. The third kappa shape index (κ3) is 5.78. The summed E-state index contributed by atoms with van der Waals surface area (Å²) >= 11 is 0. The first-order valence-corrected chi connectivity index (χ1v) is 11.3. The van der Waals surface area contributed by atoms with E-state index in [0.29, 0.717) is 23.4 Å². The third-order valence-electron chi connectivity index (χ3n) is 5.46. The molecule has 0 aliphatic heterocycles. The van der Waals surface area contributed by atoms with Gasteiger partial charge in [0.25, 0.3) is 0 Å². The number of pyridine rings is 1. The maximum atomic E-state index is 13.6. The van der Waals surface area contributed by atoms with Crippen LogP contribution < -0.4 is 10.1 Å². The molecule has 0 radical (unpaired) electrons. The Hall–Kier alpha value is -3.90. The molecule has 2 N–H and O–H groups in total.